The molecule has 1 atom stereocenters. The molecule has 2 aromatic carbocycles. The number of aromatic nitrogens is 3. The van der Waals surface area contributed by atoms with Crippen LogP contribution in [-0.2, 0) is 4.79 Å². The quantitative estimate of drug-likeness (QED) is 0.553. The molecule has 0 amide bonds. The van der Waals surface area contributed by atoms with Gasteiger partial charge in [-0.3, -0.25) is 4.79 Å². The number of hydrogen-bond acceptors (Lipinski definition) is 5. The summed E-state index contributed by atoms with van der Waals surface area (Å²) in [4.78, 5) is 17.9. The predicted molar refractivity (Wildman–Crippen MR) is 118 cm³/mol. The van der Waals surface area contributed by atoms with Crippen LogP contribution in [0.4, 0.5) is 5.95 Å². The first-order valence-corrected chi connectivity index (χ1v) is 10.6. The third kappa shape index (κ3) is 3.23. The van der Waals surface area contributed by atoms with Crippen molar-refractivity contribution in [1.29, 1.82) is 0 Å². The highest BCUT2D eigenvalue weighted by molar-refractivity contribution is 9.10. The Hall–Kier alpha value is -2.93. The standard InChI is InChI=1S/C23H21BrN4O2/c1-23(2)11-17-19(18(30)12-23)20(13-5-3-7-15(24)9-13)28-22(25-17)26-21(27-28)14-6-4-8-16(29)10-14/h3-10,20,29H,11-12H2,1-2H3,(H,25,26,27). The fourth-order valence-electron chi connectivity index (χ4n) is 4.36. The lowest BCUT2D eigenvalue weighted by Crippen LogP contribution is -2.36. The molecule has 30 heavy (non-hydrogen) atoms. The molecule has 2 N–H and O–H groups in total. The molecule has 0 fully saturated rings. The molecule has 7 heteroatoms. The van der Waals surface area contributed by atoms with Gasteiger partial charge in [0.25, 0.3) is 0 Å². The largest absolute Gasteiger partial charge is 0.508 e. The maximum atomic E-state index is 13.2. The third-order valence-corrected chi connectivity index (χ3v) is 6.09. The maximum Gasteiger partial charge on any atom is 0.226 e. The summed E-state index contributed by atoms with van der Waals surface area (Å²) in [5.41, 5.74) is 3.26. The normalized spacial score (nSPS) is 19.8. The van der Waals surface area contributed by atoms with E-state index in [4.69, 9.17) is 10.1 Å². The Morgan fingerprint density at radius 1 is 1.17 bits per heavy atom. The number of phenols is 1. The molecule has 0 bridgehead atoms. The summed E-state index contributed by atoms with van der Waals surface area (Å²) < 4.78 is 2.73. The number of allylic oxidation sites excluding steroid dienone is 2. The fraction of sp³-hybridized carbons (Fsp3) is 0.261. The minimum atomic E-state index is -0.351. The van der Waals surface area contributed by atoms with Crippen LogP contribution in [0.1, 0.15) is 38.3 Å². The van der Waals surface area contributed by atoms with Crippen LogP contribution >= 0.6 is 15.9 Å². The van der Waals surface area contributed by atoms with Gasteiger partial charge in [0, 0.05) is 27.7 Å². The number of fused-ring (bicyclic) bond motifs is 1. The summed E-state index contributed by atoms with van der Waals surface area (Å²) in [7, 11) is 0. The van der Waals surface area contributed by atoms with Crippen LogP contribution in [0.15, 0.2) is 64.3 Å². The molecule has 1 aliphatic carbocycles. The van der Waals surface area contributed by atoms with Crippen LogP contribution < -0.4 is 5.32 Å². The molecular formula is C23H21BrN4O2. The van der Waals surface area contributed by atoms with E-state index in [2.05, 4.69) is 35.1 Å². The minimum absolute atomic E-state index is 0.110. The molecule has 0 saturated heterocycles. The molecule has 0 radical (unpaired) electrons. The van der Waals surface area contributed by atoms with Gasteiger partial charge in [-0.1, -0.05) is 54.0 Å². The summed E-state index contributed by atoms with van der Waals surface area (Å²) in [6.45, 7) is 4.23. The van der Waals surface area contributed by atoms with E-state index in [-0.39, 0.29) is 23.0 Å². The highest BCUT2D eigenvalue weighted by Gasteiger charge is 2.41. The van der Waals surface area contributed by atoms with Crippen molar-refractivity contribution >= 4 is 27.7 Å². The number of carbonyl (C=O) groups is 1. The van der Waals surface area contributed by atoms with Crippen molar-refractivity contribution in [2.75, 3.05) is 5.32 Å². The zero-order chi connectivity index (χ0) is 21.0. The average Bonchev–Trinajstić information content (AvgIpc) is 3.09. The van der Waals surface area contributed by atoms with Crippen molar-refractivity contribution in [3.8, 4) is 17.1 Å². The molecule has 0 spiro atoms. The highest BCUT2D eigenvalue weighted by atomic mass is 79.9. The zero-order valence-electron chi connectivity index (χ0n) is 16.7. The van der Waals surface area contributed by atoms with Gasteiger partial charge < -0.3 is 10.4 Å². The lowest BCUT2D eigenvalue weighted by atomic mass is 9.73. The van der Waals surface area contributed by atoms with Crippen LogP contribution in [-0.4, -0.2) is 25.7 Å². The number of rotatable bonds is 2. The number of hydrogen-bond donors (Lipinski definition) is 2. The SMILES string of the molecule is CC1(C)CC(=O)C2=C(C1)Nc1nc(-c3cccc(O)c3)nn1C2c1cccc(Br)c1. The van der Waals surface area contributed by atoms with Gasteiger partial charge in [-0.2, -0.15) is 4.98 Å². The van der Waals surface area contributed by atoms with Crippen molar-refractivity contribution < 1.29 is 9.90 Å². The Morgan fingerprint density at radius 2 is 1.97 bits per heavy atom. The Kier molecular flexibility index (Phi) is 4.32. The zero-order valence-corrected chi connectivity index (χ0v) is 18.3. The van der Waals surface area contributed by atoms with E-state index in [1.165, 1.54) is 0 Å². The van der Waals surface area contributed by atoms with Gasteiger partial charge in [0.2, 0.25) is 5.95 Å². The molecule has 2 heterocycles. The number of phenolic OH excluding ortho intramolecular Hbond substituents is 1. The number of aromatic hydroxyl groups is 1. The van der Waals surface area contributed by atoms with Gasteiger partial charge in [0.05, 0.1) is 0 Å². The van der Waals surface area contributed by atoms with Crippen LogP contribution in [0, 0.1) is 5.41 Å². The number of nitrogens with zero attached hydrogens (tertiary/aromatic N) is 3. The summed E-state index contributed by atoms with van der Waals surface area (Å²) >= 11 is 3.55. The summed E-state index contributed by atoms with van der Waals surface area (Å²) in [5, 5.41) is 18.0. The Morgan fingerprint density at radius 3 is 2.73 bits per heavy atom. The Balaban J connectivity index is 1.69. The van der Waals surface area contributed by atoms with Crippen LogP contribution in [0.3, 0.4) is 0 Å². The molecule has 6 nitrogen and oxygen atoms in total. The van der Waals surface area contributed by atoms with Crippen molar-refractivity contribution in [2.24, 2.45) is 5.41 Å². The van der Waals surface area contributed by atoms with Crippen LogP contribution in [0.25, 0.3) is 11.4 Å². The summed E-state index contributed by atoms with van der Waals surface area (Å²) in [6, 6.07) is 14.5. The molecule has 0 saturated carbocycles. The van der Waals surface area contributed by atoms with E-state index < -0.39 is 0 Å². The maximum absolute atomic E-state index is 13.2. The second-order valence-corrected chi connectivity index (χ2v) is 9.59. The van der Waals surface area contributed by atoms with Gasteiger partial charge in [-0.15, -0.1) is 5.10 Å². The predicted octanol–water partition coefficient (Wildman–Crippen LogP) is 5.07. The molecule has 1 unspecified atom stereocenters. The van der Waals surface area contributed by atoms with Gasteiger partial charge >= 0.3 is 0 Å². The third-order valence-electron chi connectivity index (χ3n) is 5.60. The Labute approximate surface area is 182 Å². The molecule has 5 rings (SSSR count). The van der Waals surface area contributed by atoms with Gasteiger partial charge in [-0.25, -0.2) is 4.68 Å². The lowest BCUT2D eigenvalue weighted by molar-refractivity contribution is -0.118. The Bertz CT molecular complexity index is 1210. The van der Waals surface area contributed by atoms with Gasteiger partial charge in [0.1, 0.15) is 11.8 Å². The number of carbonyl (C=O) groups excluding carboxylic acids is 1. The lowest BCUT2D eigenvalue weighted by Gasteiger charge is -2.38. The van der Waals surface area contributed by atoms with Gasteiger partial charge in [0.15, 0.2) is 11.6 Å². The number of Topliss-reactive ketones (excluding diaryl/α,β-unsaturated/α-hetero) is 1. The van der Waals surface area contributed by atoms with E-state index in [9.17, 15) is 9.90 Å². The second kappa shape index (κ2) is 6.80. The molecule has 1 aromatic heterocycles. The molecule has 152 valence electrons. The fourth-order valence-corrected chi connectivity index (χ4v) is 4.78. The summed E-state index contributed by atoms with van der Waals surface area (Å²) in [6.07, 6.45) is 1.27. The number of ketones is 1. The van der Waals surface area contributed by atoms with Crippen molar-refractivity contribution in [3.05, 3.63) is 69.8 Å². The summed E-state index contributed by atoms with van der Waals surface area (Å²) in [5.74, 6) is 1.40. The topological polar surface area (TPSA) is 80.0 Å². The number of halogens is 1. The van der Waals surface area contributed by atoms with Gasteiger partial charge in [-0.05, 0) is 41.7 Å². The van der Waals surface area contributed by atoms with Crippen LogP contribution in [0.2, 0.25) is 0 Å². The average molecular weight is 465 g/mol. The number of benzene rings is 2. The van der Waals surface area contributed by atoms with E-state index in [1.54, 1.807) is 22.9 Å². The van der Waals surface area contributed by atoms with Crippen LogP contribution in [0.5, 0.6) is 5.75 Å². The first kappa shape index (κ1) is 19.1. The highest BCUT2D eigenvalue weighted by Crippen LogP contribution is 2.46. The molecule has 3 aromatic rings. The van der Waals surface area contributed by atoms with E-state index in [0.29, 0.717) is 18.2 Å². The van der Waals surface area contributed by atoms with Crippen molar-refractivity contribution in [2.45, 2.75) is 32.7 Å². The van der Waals surface area contributed by atoms with E-state index in [1.807, 2.05) is 30.3 Å². The number of anilines is 1. The second-order valence-electron chi connectivity index (χ2n) is 8.67. The van der Waals surface area contributed by atoms with E-state index >= 15 is 0 Å². The van der Waals surface area contributed by atoms with Crippen molar-refractivity contribution in [1.82, 2.24) is 14.8 Å². The molecule has 2 aliphatic rings. The molecular weight excluding hydrogens is 444 g/mol. The van der Waals surface area contributed by atoms with Crippen molar-refractivity contribution in [3.63, 3.8) is 0 Å². The monoisotopic (exact) mass is 464 g/mol. The first-order valence-electron chi connectivity index (χ1n) is 9.85. The van der Waals surface area contributed by atoms with E-state index in [0.717, 1.165) is 33.3 Å². The smallest absolute Gasteiger partial charge is 0.226 e. The minimum Gasteiger partial charge on any atom is -0.508 e. The first-order chi connectivity index (χ1) is 14.3. The molecule has 1 aliphatic heterocycles. The number of nitrogens with one attached hydrogen (secondary N) is 1.